The molecule has 0 saturated carbocycles. The first kappa shape index (κ1) is 15.1. The van der Waals surface area contributed by atoms with E-state index < -0.39 is 0 Å². The van der Waals surface area contributed by atoms with Gasteiger partial charge in [0.25, 0.3) is 0 Å². The van der Waals surface area contributed by atoms with Crippen LogP contribution in [-0.2, 0) is 4.79 Å². The number of nitrogens with zero attached hydrogens (tertiary/aromatic N) is 3. The van der Waals surface area contributed by atoms with E-state index in [1.165, 1.54) is 12.2 Å². The number of hydrogen-bond donors (Lipinski definition) is 0. The van der Waals surface area contributed by atoms with Crippen LogP contribution in [0, 0.1) is 0 Å². The Hall–Kier alpha value is -2.27. The van der Waals surface area contributed by atoms with Crippen molar-refractivity contribution in [3.8, 4) is 0 Å². The quantitative estimate of drug-likeness (QED) is 0.602. The molecule has 0 unspecified atom stereocenters. The van der Waals surface area contributed by atoms with Crippen LogP contribution in [0.4, 0.5) is 0 Å². The molecule has 0 aliphatic heterocycles. The van der Waals surface area contributed by atoms with Crippen molar-refractivity contribution in [1.82, 2.24) is 14.5 Å². The number of allylic oxidation sites excluding steroid dienone is 4. The fraction of sp³-hybridized carbons (Fsp3) is 0.188. The van der Waals surface area contributed by atoms with Crippen LogP contribution in [0.5, 0.6) is 0 Å². The number of carbonyl (C=O) groups is 1. The van der Waals surface area contributed by atoms with E-state index in [9.17, 15) is 4.79 Å². The van der Waals surface area contributed by atoms with Crippen LogP contribution in [0.25, 0.3) is 12.2 Å². The number of thiazole rings is 1. The minimum Gasteiger partial charge on any atom is -0.329 e. The van der Waals surface area contributed by atoms with E-state index in [0.29, 0.717) is 6.04 Å². The molecule has 2 aromatic heterocycles. The average Bonchev–Trinajstić information content (AvgIpc) is 3.12. The molecule has 21 heavy (non-hydrogen) atoms. The second-order valence-corrected chi connectivity index (χ2v) is 5.54. The summed E-state index contributed by atoms with van der Waals surface area (Å²) >= 11 is 1.55. The van der Waals surface area contributed by atoms with Gasteiger partial charge in [-0.1, -0.05) is 12.2 Å². The number of carbonyl (C=O) groups excluding carboxylic acids is 1. The topological polar surface area (TPSA) is 47.8 Å². The Morgan fingerprint density at radius 3 is 2.76 bits per heavy atom. The maximum absolute atomic E-state index is 11.7. The molecule has 0 amide bonds. The fourth-order valence-corrected chi connectivity index (χ4v) is 2.25. The summed E-state index contributed by atoms with van der Waals surface area (Å²) in [5, 5.41) is 2.83. The minimum atomic E-state index is -0.0721. The molecule has 0 fully saturated rings. The summed E-state index contributed by atoms with van der Waals surface area (Å²) in [6.07, 6.45) is 15.5. The second kappa shape index (κ2) is 7.50. The summed E-state index contributed by atoms with van der Waals surface area (Å²) in [6.45, 7) is 4.15. The van der Waals surface area contributed by atoms with Crippen molar-refractivity contribution < 1.29 is 4.79 Å². The van der Waals surface area contributed by atoms with E-state index in [1.54, 1.807) is 42.0 Å². The lowest BCUT2D eigenvalue weighted by Crippen LogP contribution is -2.01. The van der Waals surface area contributed by atoms with E-state index in [0.717, 1.165) is 10.8 Å². The maximum atomic E-state index is 11.7. The molecule has 0 N–H and O–H groups in total. The lowest BCUT2D eigenvalue weighted by atomic mass is 10.3. The van der Waals surface area contributed by atoms with Crippen LogP contribution in [0.15, 0.2) is 48.3 Å². The van der Waals surface area contributed by atoms with Gasteiger partial charge < -0.3 is 4.57 Å². The molecule has 0 saturated heterocycles. The van der Waals surface area contributed by atoms with Gasteiger partial charge in [0, 0.05) is 30.0 Å². The van der Waals surface area contributed by atoms with Crippen molar-refractivity contribution in [2.45, 2.75) is 19.9 Å². The molecule has 4 nitrogen and oxygen atoms in total. The Morgan fingerprint density at radius 1 is 1.19 bits per heavy atom. The van der Waals surface area contributed by atoms with Gasteiger partial charge in [-0.3, -0.25) is 4.79 Å². The first-order valence-corrected chi connectivity index (χ1v) is 7.54. The molecule has 2 aromatic rings. The molecule has 5 heteroatoms. The van der Waals surface area contributed by atoms with Crippen LogP contribution >= 0.6 is 11.3 Å². The van der Waals surface area contributed by atoms with E-state index in [2.05, 4.69) is 23.8 Å². The molecule has 0 aromatic carbocycles. The Morgan fingerprint density at radius 2 is 2.05 bits per heavy atom. The summed E-state index contributed by atoms with van der Waals surface area (Å²) < 4.78 is 2.01. The van der Waals surface area contributed by atoms with E-state index in [1.807, 2.05) is 22.2 Å². The maximum Gasteiger partial charge on any atom is 0.178 e. The Bertz CT molecular complexity index is 664. The lowest BCUT2D eigenvalue weighted by molar-refractivity contribution is -0.110. The van der Waals surface area contributed by atoms with Gasteiger partial charge >= 0.3 is 0 Å². The van der Waals surface area contributed by atoms with Crippen LogP contribution in [0.3, 0.4) is 0 Å². The van der Waals surface area contributed by atoms with Crippen LogP contribution in [0.1, 0.15) is 30.7 Å². The highest BCUT2D eigenvalue weighted by Crippen LogP contribution is 2.09. The predicted octanol–water partition coefficient (Wildman–Crippen LogP) is 3.77. The van der Waals surface area contributed by atoms with Crippen molar-refractivity contribution in [1.29, 1.82) is 0 Å². The molecule has 0 aliphatic carbocycles. The SMILES string of the molecule is CC(C)n1ccnc1/C=C/C(=O)/C=C/C=C/c1nccs1. The fourth-order valence-electron chi connectivity index (χ4n) is 1.71. The van der Waals surface area contributed by atoms with Crippen molar-refractivity contribution >= 4 is 29.3 Å². The van der Waals surface area contributed by atoms with Gasteiger partial charge in [0.15, 0.2) is 5.78 Å². The van der Waals surface area contributed by atoms with Crippen LogP contribution in [-0.4, -0.2) is 20.3 Å². The van der Waals surface area contributed by atoms with Gasteiger partial charge in [0.1, 0.15) is 10.8 Å². The predicted molar refractivity (Wildman–Crippen MR) is 86.9 cm³/mol. The van der Waals surface area contributed by atoms with Crippen molar-refractivity contribution in [2.24, 2.45) is 0 Å². The van der Waals surface area contributed by atoms with Crippen molar-refractivity contribution in [3.63, 3.8) is 0 Å². The highest BCUT2D eigenvalue weighted by molar-refractivity contribution is 7.10. The monoisotopic (exact) mass is 299 g/mol. The molecular formula is C16H17N3OS. The third-order valence-electron chi connectivity index (χ3n) is 2.71. The van der Waals surface area contributed by atoms with E-state index >= 15 is 0 Å². The van der Waals surface area contributed by atoms with E-state index in [-0.39, 0.29) is 5.78 Å². The number of ketones is 1. The highest BCUT2D eigenvalue weighted by Gasteiger charge is 2.02. The molecule has 0 aliphatic rings. The zero-order valence-corrected chi connectivity index (χ0v) is 12.8. The summed E-state index contributed by atoms with van der Waals surface area (Å²) in [5.41, 5.74) is 0. The molecule has 0 bridgehead atoms. The number of hydrogen-bond acceptors (Lipinski definition) is 4. The average molecular weight is 299 g/mol. The second-order valence-electron chi connectivity index (χ2n) is 4.61. The van der Waals surface area contributed by atoms with Gasteiger partial charge in [-0.25, -0.2) is 9.97 Å². The van der Waals surface area contributed by atoms with Gasteiger partial charge in [-0.05, 0) is 38.2 Å². The van der Waals surface area contributed by atoms with Crippen LogP contribution < -0.4 is 0 Å². The molecule has 0 atom stereocenters. The third-order valence-corrected chi connectivity index (χ3v) is 3.45. The summed E-state index contributed by atoms with van der Waals surface area (Å²) in [5.74, 6) is 0.710. The number of imidazole rings is 1. The van der Waals surface area contributed by atoms with Gasteiger partial charge in [0.05, 0.1) is 0 Å². The van der Waals surface area contributed by atoms with Crippen LogP contribution in [0.2, 0.25) is 0 Å². The molecular weight excluding hydrogens is 282 g/mol. The van der Waals surface area contributed by atoms with Crippen molar-refractivity contribution in [2.75, 3.05) is 0 Å². The smallest absolute Gasteiger partial charge is 0.178 e. The minimum absolute atomic E-state index is 0.0721. The Labute approximate surface area is 128 Å². The Kier molecular flexibility index (Phi) is 5.40. The zero-order chi connectivity index (χ0) is 15.1. The zero-order valence-electron chi connectivity index (χ0n) is 12.0. The summed E-state index contributed by atoms with van der Waals surface area (Å²) in [6, 6.07) is 0.319. The normalized spacial score (nSPS) is 12.3. The number of aromatic nitrogens is 3. The van der Waals surface area contributed by atoms with Gasteiger partial charge in [0.2, 0.25) is 0 Å². The molecule has 108 valence electrons. The Balaban J connectivity index is 1.92. The molecule has 0 radical (unpaired) electrons. The number of rotatable bonds is 6. The molecule has 0 spiro atoms. The van der Waals surface area contributed by atoms with Crippen molar-refractivity contribution in [3.05, 3.63) is 59.1 Å². The molecule has 2 heterocycles. The largest absolute Gasteiger partial charge is 0.329 e. The molecule has 2 rings (SSSR count). The third kappa shape index (κ3) is 4.65. The first-order chi connectivity index (χ1) is 10.2. The van der Waals surface area contributed by atoms with E-state index in [4.69, 9.17) is 0 Å². The summed E-state index contributed by atoms with van der Waals surface area (Å²) in [4.78, 5) is 20.1. The summed E-state index contributed by atoms with van der Waals surface area (Å²) in [7, 11) is 0. The standard InChI is InChI=1S/C16H17N3OS/c1-13(2)19-11-9-17-15(19)8-7-14(20)5-3-4-6-16-18-10-12-21-16/h3-13H,1-2H3/b5-3+,6-4+,8-7+. The van der Waals surface area contributed by atoms with Gasteiger partial charge in [-0.2, -0.15) is 0 Å². The highest BCUT2D eigenvalue weighted by atomic mass is 32.1. The first-order valence-electron chi connectivity index (χ1n) is 6.66. The van der Waals surface area contributed by atoms with Gasteiger partial charge in [-0.15, -0.1) is 11.3 Å². The lowest BCUT2D eigenvalue weighted by Gasteiger charge is -2.07.